The molecule has 1 atom stereocenters. The predicted octanol–water partition coefficient (Wildman–Crippen LogP) is 3.47. The Kier molecular flexibility index (Phi) is 4.54. The maximum atomic E-state index is 12.6. The van der Waals surface area contributed by atoms with E-state index in [0.29, 0.717) is 11.5 Å². The van der Waals surface area contributed by atoms with Gasteiger partial charge in [-0.15, -0.1) is 5.10 Å². The van der Waals surface area contributed by atoms with Crippen molar-refractivity contribution in [3.63, 3.8) is 0 Å². The zero-order valence-electron chi connectivity index (χ0n) is 16.5. The normalized spacial score (nSPS) is 12.8. The van der Waals surface area contributed by atoms with Crippen molar-refractivity contribution in [2.45, 2.75) is 32.4 Å². The van der Waals surface area contributed by atoms with E-state index in [-0.39, 0.29) is 5.95 Å². The molecule has 2 heterocycles. The second-order valence-electron chi connectivity index (χ2n) is 7.68. The quantitative estimate of drug-likeness (QED) is 0.555. The fourth-order valence-electron chi connectivity index (χ4n) is 3.15. The van der Waals surface area contributed by atoms with Crippen molar-refractivity contribution in [1.29, 1.82) is 0 Å². The first-order valence-electron chi connectivity index (χ1n) is 9.27. The minimum Gasteiger partial charge on any atom is -0.444 e. The van der Waals surface area contributed by atoms with Crippen LogP contribution in [0.3, 0.4) is 0 Å². The maximum Gasteiger partial charge on any atom is 0.408 e. The summed E-state index contributed by atoms with van der Waals surface area (Å²) in [7, 11) is 0. The zero-order valence-corrected chi connectivity index (χ0v) is 16.5. The Labute approximate surface area is 167 Å². The molecule has 8 heteroatoms. The SMILES string of the molecule is CC(C)(C)OC(=O)N[C@@H](c1ccccc1)c1nc2ccccc2c2nc(N)nn12. The molecule has 0 unspecified atom stereocenters. The van der Waals surface area contributed by atoms with Crippen LogP contribution >= 0.6 is 0 Å². The molecule has 0 aliphatic rings. The molecule has 0 aliphatic heterocycles. The summed E-state index contributed by atoms with van der Waals surface area (Å²) in [5, 5.41) is 8.06. The molecule has 4 aromatic rings. The van der Waals surface area contributed by atoms with Crippen LogP contribution in [-0.4, -0.2) is 31.3 Å². The molecule has 1 amide bonds. The number of nitrogens with zero attached hydrogens (tertiary/aromatic N) is 4. The minimum atomic E-state index is -0.630. The van der Waals surface area contributed by atoms with Gasteiger partial charge in [-0.1, -0.05) is 42.5 Å². The average molecular weight is 390 g/mol. The van der Waals surface area contributed by atoms with Gasteiger partial charge in [0.2, 0.25) is 5.95 Å². The molecule has 29 heavy (non-hydrogen) atoms. The molecule has 0 saturated carbocycles. The highest BCUT2D eigenvalue weighted by Gasteiger charge is 2.26. The number of nitrogen functional groups attached to an aromatic ring is 1. The molecule has 0 spiro atoms. The number of fused-ring (bicyclic) bond motifs is 3. The van der Waals surface area contributed by atoms with Crippen molar-refractivity contribution in [2.24, 2.45) is 0 Å². The first-order valence-corrected chi connectivity index (χ1v) is 9.27. The first-order chi connectivity index (χ1) is 13.8. The third-order valence-electron chi connectivity index (χ3n) is 4.27. The van der Waals surface area contributed by atoms with E-state index in [2.05, 4.69) is 15.4 Å². The van der Waals surface area contributed by atoms with Gasteiger partial charge in [0.1, 0.15) is 11.6 Å². The number of rotatable bonds is 3. The van der Waals surface area contributed by atoms with Crippen molar-refractivity contribution < 1.29 is 9.53 Å². The van der Waals surface area contributed by atoms with E-state index in [1.54, 1.807) is 4.52 Å². The van der Waals surface area contributed by atoms with Gasteiger partial charge >= 0.3 is 6.09 Å². The Bertz CT molecular complexity index is 1180. The summed E-state index contributed by atoms with van der Waals surface area (Å²) >= 11 is 0. The molecule has 8 nitrogen and oxygen atoms in total. The van der Waals surface area contributed by atoms with Crippen LogP contribution in [0.2, 0.25) is 0 Å². The molecule has 0 aliphatic carbocycles. The van der Waals surface area contributed by atoms with Crippen LogP contribution in [0.5, 0.6) is 0 Å². The summed E-state index contributed by atoms with van der Waals surface area (Å²) < 4.78 is 7.04. The van der Waals surface area contributed by atoms with Crippen molar-refractivity contribution in [3.05, 3.63) is 66.0 Å². The topological polar surface area (TPSA) is 107 Å². The molecule has 4 rings (SSSR count). The summed E-state index contributed by atoms with van der Waals surface area (Å²) in [6.45, 7) is 5.44. The summed E-state index contributed by atoms with van der Waals surface area (Å²) in [4.78, 5) is 21.7. The monoisotopic (exact) mass is 390 g/mol. The summed E-state index contributed by atoms with van der Waals surface area (Å²) in [5.41, 5.74) is 7.40. The molecule has 148 valence electrons. The number of hydrogen-bond acceptors (Lipinski definition) is 6. The van der Waals surface area contributed by atoms with Gasteiger partial charge in [-0.2, -0.15) is 9.50 Å². The van der Waals surface area contributed by atoms with Gasteiger partial charge in [-0.05, 0) is 38.5 Å². The Morgan fingerprint density at radius 2 is 1.76 bits per heavy atom. The highest BCUT2D eigenvalue weighted by molar-refractivity contribution is 5.91. The van der Waals surface area contributed by atoms with Gasteiger partial charge in [0.25, 0.3) is 0 Å². The third-order valence-corrected chi connectivity index (χ3v) is 4.27. The van der Waals surface area contributed by atoms with Crippen molar-refractivity contribution in [3.8, 4) is 0 Å². The van der Waals surface area contributed by atoms with Crippen LogP contribution in [0, 0.1) is 0 Å². The third kappa shape index (κ3) is 3.82. The van der Waals surface area contributed by atoms with E-state index in [1.807, 2.05) is 75.4 Å². The number of carbonyl (C=O) groups is 1. The number of benzene rings is 2. The van der Waals surface area contributed by atoms with Crippen LogP contribution in [0.25, 0.3) is 16.6 Å². The highest BCUT2D eigenvalue weighted by atomic mass is 16.6. The molecule has 2 aromatic carbocycles. The number of hydrogen-bond donors (Lipinski definition) is 2. The van der Waals surface area contributed by atoms with Gasteiger partial charge < -0.3 is 15.8 Å². The van der Waals surface area contributed by atoms with Crippen LogP contribution < -0.4 is 11.1 Å². The molecule has 0 saturated heterocycles. The number of ether oxygens (including phenoxy) is 1. The number of nitrogens with one attached hydrogen (secondary N) is 1. The number of nitrogens with two attached hydrogens (primary N) is 1. The van der Waals surface area contributed by atoms with E-state index in [4.69, 9.17) is 15.5 Å². The molecule has 3 N–H and O–H groups in total. The number of carbonyl (C=O) groups excluding carboxylic acids is 1. The standard InChI is InChI=1S/C21H22N6O2/c1-21(2,3)29-20(28)24-16(13-9-5-4-6-10-13)18-23-15-12-8-7-11-14(15)17-25-19(22)26-27(17)18/h4-12,16H,1-3H3,(H2,22,26)(H,24,28)/t16-/m0/s1. The number of anilines is 1. The van der Waals surface area contributed by atoms with Crippen LogP contribution in [-0.2, 0) is 4.74 Å². The zero-order chi connectivity index (χ0) is 20.6. The van der Waals surface area contributed by atoms with Crippen molar-refractivity contribution in [1.82, 2.24) is 24.9 Å². The fraction of sp³-hybridized carbons (Fsp3) is 0.238. The first kappa shape index (κ1) is 18.7. The number of alkyl carbamates (subject to hydrolysis) is 1. The van der Waals surface area contributed by atoms with Crippen LogP contribution in [0.1, 0.15) is 38.2 Å². The lowest BCUT2D eigenvalue weighted by atomic mass is 10.1. The molecule has 2 aromatic heterocycles. The number of amides is 1. The lowest BCUT2D eigenvalue weighted by Crippen LogP contribution is -2.36. The molecular weight excluding hydrogens is 368 g/mol. The Morgan fingerprint density at radius 3 is 2.48 bits per heavy atom. The highest BCUT2D eigenvalue weighted by Crippen LogP contribution is 2.26. The van der Waals surface area contributed by atoms with Gasteiger partial charge in [0.15, 0.2) is 11.5 Å². The molecule has 0 radical (unpaired) electrons. The lowest BCUT2D eigenvalue weighted by Gasteiger charge is -2.24. The average Bonchev–Trinajstić information content (AvgIpc) is 3.07. The van der Waals surface area contributed by atoms with Crippen LogP contribution in [0.4, 0.5) is 10.7 Å². The van der Waals surface area contributed by atoms with Gasteiger partial charge in [0.05, 0.1) is 5.52 Å². The molecule has 0 bridgehead atoms. The number of aromatic nitrogens is 4. The Balaban J connectivity index is 1.90. The van der Waals surface area contributed by atoms with E-state index in [1.165, 1.54) is 0 Å². The van der Waals surface area contributed by atoms with Crippen molar-refractivity contribution in [2.75, 3.05) is 5.73 Å². The second kappa shape index (κ2) is 7.05. The van der Waals surface area contributed by atoms with Crippen LogP contribution in [0.15, 0.2) is 54.6 Å². The Hall–Kier alpha value is -3.68. The fourth-order valence-corrected chi connectivity index (χ4v) is 3.15. The Morgan fingerprint density at radius 1 is 1.07 bits per heavy atom. The van der Waals surface area contributed by atoms with Gasteiger partial charge in [-0.25, -0.2) is 9.78 Å². The van der Waals surface area contributed by atoms with E-state index < -0.39 is 17.7 Å². The minimum absolute atomic E-state index is 0.133. The number of para-hydroxylation sites is 1. The van der Waals surface area contributed by atoms with Gasteiger partial charge in [-0.3, -0.25) is 0 Å². The molecular formula is C21H22N6O2. The van der Waals surface area contributed by atoms with E-state index in [0.717, 1.165) is 16.5 Å². The second-order valence-corrected chi connectivity index (χ2v) is 7.68. The summed E-state index contributed by atoms with van der Waals surface area (Å²) in [6, 6.07) is 16.5. The smallest absolute Gasteiger partial charge is 0.408 e. The summed E-state index contributed by atoms with van der Waals surface area (Å²) in [6.07, 6.45) is -0.553. The largest absolute Gasteiger partial charge is 0.444 e. The van der Waals surface area contributed by atoms with E-state index >= 15 is 0 Å². The van der Waals surface area contributed by atoms with Crippen molar-refractivity contribution >= 4 is 28.6 Å². The molecule has 0 fully saturated rings. The van der Waals surface area contributed by atoms with Gasteiger partial charge in [0, 0.05) is 5.39 Å². The van der Waals surface area contributed by atoms with E-state index in [9.17, 15) is 4.79 Å². The maximum absolute atomic E-state index is 12.6. The predicted molar refractivity (Wildman–Crippen MR) is 110 cm³/mol. The lowest BCUT2D eigenvalue weighted by molar-refractivity contribution is 0.0510. The summed E-state index contributed by atoms with van der Waals surface area (Å²) in [5.74, 6) is 0.619.